The smallest absolute Gasteiger partial charge is 0.325 e. The highest BCUT2D eigenvalue weighted by atomic mass is 35.5. The molecule has 138 valence electrons. The van der Waals surface area contributed by atoms with Gasteiger partial charge in [-0.1, -0.05) is 11.6 Å². The van der Waals surface area contributed by atoms with Crippen LogP contribution < -0.4 is 0 Å². The van der Waals surface area contributed by atoms with E-state index in [-0.39, 0.29) is 18.4 Å². The second-order valence-corrected chi connectivity index (χ2v) is 6.51. The molecule has 8 heteroatoms. The highest BCUT2D eigenvalue weighted by Gasteiger charge is 2.35. The third kappa shape index (κ3) is 4.23. The summed E-state index contributed by atoms with van der Waals surface area (Å²) in [5.74, 6) is -0.433. The van der Waals surface area contributed by atoms with E-state index in [1.165, 1.54) is 0 Å². The molecule has 0 spiro atoms. The Morgan fingerprint density at radius 1 is 1.31 bits per heavy atom. The van der Waals surface area contributed by atoms with Gasteiger partial charge in [0.05, 0.1) is 12.9 Å². The lowest BCUT2D eigenvalue weighted by Crippen LogP contribution is -2.57. The van der Waals surface area contributed by atoms with Crippen LogP contribution in [-0.4, -0.2) is 63.9 Å². The summed E-state index contributed by atoms with van der Waals surface area (Å²) in [6.07, 6.45) is 3.34. The van der Waals surface area contributed by atoms with E-state index in [9.17, 15) is 9.59 Å². The largest absolute Gasteiger partial charge is 0.465 e. The molecule has 0 aliphatic carbocycles. The number of carbonyl (C=O) groups is 2. The van der Waals surface area contributed by atoms with Gasteiger partial charge in [0, 0.05) is 48.7 Å². The summed E-state index contributed by atoms with van der Waals surface area (Å²) in [5.41, 5.74) is 1.47. The van der Waals surface area contributed by atoms with Crippen LogP contribution in [0.3, 0.4) is 0 Å². The molecule has 0 saturated carbocycles. The third-order valence-electron chi connectivity index (χ3n) is 4.36. The molecule has 3 rings (SSSR count). The molecule has 2 heterocycles. The van der Waals surface area contributed by atoms with E-state index in [2.05, 4.69) is 9.97 Å². The summed E-state index contributed by atoms with van der Waals surface area (Å²) in [6, 6.07) is 6.25. The van der Waals surface area contributed by atoms with Crippen molar-refractivity contribution in [3.8, 4) is 0 Å². The van der Waals surface area contributed by atoms with E-state index in [1.54, 1.807) is 48.6 Å². The minimum absolute atomic E-state index is 0.114. The fourth-order valence-electron chi connectivity index (χ4n) is 3.02. The number of ether oxygens (including phenoxy) is 1. The Morgan fingerprint density at radius 2 is 2.08 bits per heavy atom. The SMILES string of the molecule is CCOC(=O)C1CN(C(=O)c2ccc(Cl)cc2)CCN1Cc1cnc[nH]1. The van der Waals surface area contributed by atoms with Crippen molar-refractivity contribution in [1.82, 2.24) is 19.8 Å². The molecular weight excluding hydrogens is 356 g/mol. The van der Waals surface area contributed by atoms with E-state index < -0.39 is 6.04 Å². The van der Waals surface area contributed by atoms with Gasteiger partial charge in [0.15, 0.2) is 0 Å². The Morgan fingerprint density at radius 3 is 2.73 bits per heavy atom. The summed E-state index contributed by atoms with van der Waals surface area (Å²) in [7, 11) is 0. The average Bonchev–Trinajstić information content (AvgIpc) is 3.15. The first-order chi connectivity index (χ1) is 12.6. The highest BCUT2D eigenvalue weighted by molar-refractivity contribution is 6.30. The number of nitrogens with zero attached hydrogens (tertiary/aromatic N) is 3. The van der Waals surface area contributed by atoms with Crippen molar-refractivity contribution in [2.75, 3.05) is 26.2 Å². The number of imidazole rings is 1. The maximum absolute atomic E-state index is 12.8. The van der Waals surface area contributed by atoms with Crippen LogP contribution in [0.25, 0.3) is 0 Å². The first-order valence-corrected chi connectivity index (χ1v) is 8.89. The van der Waals surface area contributed by atoms with Crippen LogP contribution in [0.15, 0.2) is 36.8 Å². The normalized spacial score (nSPS) is 17.9. The molecule has 2 aromatic rings. The van der Waals surface area contributed by atoms with Gasteiger partial charge in [0.2, 0.25) is 0 Å². The molecule has 1 aliphatic rings. The van der Waals surface area contributed by atoms with Crippen LogP contribution in [0, 0.1) is 0 Å². The summed E-state index contributed by atoms with van der Waals surface area (Å²) < 4.78 is 5.22. The molecule has 7 nitrogen and oxygen atoms in total. The lowest BCUT2D eigenvalue weighted by atomic mass is 10.1. The zero-order chi connectivity index (χ0) is 18.5. The average molecular weight is 377 g/mol. The fraction of sp³-hybridized carbons (Fsp3) is 0.389. The van der Waals surface area contributed by atoms with Crippen molar-refractivity contribution in [3.05, 3.63) is 53.1 Å². The number of amides is 1. The van der Waals surface area contributed by atoms with Crippen molar-refractivity contribution in [3.63, 3.8) is 0 Å². The van der Waals surface area contributed by atoms with E-state index in [4.69, 9.17) is 16.3 Å². The van der Waals surface area contributed by atoms with Gasteiger partial charge in [0.25, 0.3) is 5.91 Å². The highest BCUT2D eigenvalue weighted by Crippen LogP contribution is 2.18. The van der Waals surface area contributed by atoms with Crippen molar-refractivity contribution in [2.45, 2.75) is 19.5 Å². The Labute approximate surface area is 156 Å². The lowest BCUT2D eigenvalue weighted by Gasteiger charge is -2.39. The summed E-state index contributed by atoms with van der Waals surface area (Å²) >= 11 is 5.89. The zero-order valence-electron chi connectivity index (χ0n) is 14.5. The van der Waals surface area contributed by atoms with Crippen LogP contribution in [0.2, 0.25) is 5.02 Å². The van der Waals surface area contributed by atoms with Gasteiger partial charge >= 0.3 is 5.97 Å². The molecule has 26 heavy (non-hydrogen) atoms. The minimum atomic E-state index is -0.511. The van der Waals surface area contributed by atoms with Crippen molar-refractivity contribution < 1.29 is 14.3 Å². The van der Waals surface area contributed by atoms with Crippen molar-refractivity contribution in [1.29, 1.82) is 0 Å². The number of aromatic amines is 1. The molecule has 1 N–H and O–H groups in total. The standard InChI is InChI=1S/C18H21ClN4O3/c1-2-26-18(25)16-11-23(17(24)13-3-5-14(19)6-4-13)8-7-22(16)10-15-9-20-12-21-15/h3-6,9,12,16H,2,7-8,10-11H2,1H3,(H,20,21). The molecule has 1 fully saturated rings. The first kappa shape index (κ1) is 18.4. The van der Waals surface area contributed by atoms with Gasteiger partial charge in [-0.15, -0.1) is 0 Å². The predicted molar refractivity (Wildman–Crippen MR) is 96.8 cm³/mol. The number of nitrogens with one attached hydrogen (secondary N) is 1. The monoisotopic (exact) mass is 376 g/mol. The molecule has 0 radical (unpaired) electrons. The number of carbonyl (C=O) groups excluding carboxylic acids is 2. The van der Waals surface area contributed by atoms with Gasteiger partial charge < -0.3 is 14.6 Å². The van der Waals surface area contributed by atoms with E-state index in [1.807, 2.05) is 4.90 Å². The summed E-state index contributed by atoms with van der Waals surface area (Å²) in [5, 5.41) is 0.579. The Hall–Kier alpha value is -2.38. The predicted octanol–water partition coefficient (Wildman–Crippen LogP) is 1.95. The third-order valence-corrected chi connectivity index (χ3v) is 4.61. The number of piperazine rings is 1. The second kappa shape index (κ2) is 8.33. The number of benzene rings is 1. The van der Waals surface area contributed by atoms with Gasteiger partial charge in [-0.2, -0.15) is 0 Å². The Balaban J connectivity index is 1.74. The minimum Gasteiger partial charge on any atom is -0.465 e. The zero-order valence-corrected chi connectivity index (χ0v) is 15.3. The number of aromatic nitrogens is 2. The van der Waals surface area contributed by atoms with E-state index in [0.717, 1.165) is 5.69 Å². The van der Waals surface area contributed by atoms with Gasteiger partial charge in [-0.05, 0) is 31.2 Å². The molecule has 0 bridgehead atoms. The number of H-pyrrole nitrogens is 1. The van der Waals surface area contributed by atoms with E-state index in [0.29, 0.717) is 36.8 Å². The van der Waals surface area contributed by atoms with Crippen LogP contribution in [-0.2, 0) is 16.1 Å². The molecule has 1 saturated heterocycles. The lowest BCUT2D eigenvalue weighted by molar-refractivity contribution is -0.151. The molecule has 1 atom stereocenters. The number of rotatable bonds is 5. The number of esters is 1. The van der Waals surface area contributed by atoms with E-state index >= 15 is 0 Å². The first-order valence-electron chi connectivity index (χ1n) is 8.51. The maximum atomic E-state index is 12.8. The molecule has 1 aromatic carbocycles. The molecular formula is C18H21ClN4O3. The molecule has 1 aromatic heterocycles. The summed E-state index contributed by atoms with van der Waals surface area (Å²) in [4.78, 5) is 36.0. The van der Waals surface area contributed by atoms with Gasteiger partial charge in [-0.25, -0.2) is 4.98 Å². The van der Waals surface area contributed by atoms with Crippen molar-refractivity contribution in [2.24, 2.45) is 0 Å². The van der Waals surface area contributed by atoms with Crippen LogP contribution in [0.4, 0.5) is 0 Å². The number of hydrogen-bond acceptors (Lipinski definition) is 5. The van der Waals surface area contributed by atoms with Crippen LogP contribution >= 0.6 is 11.6 Å². The van der Waals surface area contributed by atoms with Gasteiger partial charge in [-0.3, -0.25) is 14.5 Å². The van der Waals surface area contributed by atoms with Crippen LogP contribution in [0.1, 0.15) is 23.0 Å². The fourth-order valence-corrected chi connectivity index (χ4v) is 3.15. The summed E-state index contributed by atoms with van der Waals surface area (Å²) in [6.45, 7) is 4.02. The second-order valence-electron chi connectivity index (χ2n) is 6.07. The maximum Gasteiger partial charge on any atom is 0.325 e. The molecule has 1 amide bonds. The number of hydrogen-bond donors (Lipinski definition) is 1. The number of halogens is 1. The molecule has 1 aliphatic heterocycles. The topological polar surface area (TPSA) is 78.5 Å². The van der Waals surface area contributed by atoms with Gasteiger partial charge in [0.1, 0.15) is 6.04 Å². The molecule has 1 unspecified atom stereocenters. The van der Waals surface area contributed by atoms with Crippen LogP contribution in [0.5, 0.6) is 0 Å². The Kier molecular flexibility index (Phi) is 5.90. The Bertz CT molecular complexity index is 748. The van der Waals surface area contributed by atoms with Crippen molar-refractivity contribution >= 4 is 23.5 Å². The quantitative estimate of drug-likeness (QED) is 0.807.